The molecule has 3 aliphatic rings. The van der Waals surface area contributed by atoms with Crippen LogP contribution in [-0.2, 0) is 10.8 Å². The van der Waals surface area contributed by atoms with Gasteiger partial charge in [0.05, 0.1) is 0 Å². The van der Waals surface area contributed by atoms with Gasteiger partial charge in [0.25, 0.3) is 0 Å². The first-order valence-electron chi connectivity index (χ1n) is 15.6. The number of hydrogen-bond acceptors (Lipinski definition) is 1. The monoisotopic (exact) mass is 581 g/mol. The van der Waals surface area contributed by atoms with Crippen molar-refractivity contribution in [3.63, 3.8) is 0 Å². The lowest BCUT2D eigenvalue weighted by Crippen LogP contribution is -2.22. The van der Waals surface area contributed by atoms with E-state index >= 15 is 0 Å². The number of anilines is 1. The summed E-state index contributed by atoms with van der Waals surface area (Å²) >= 11 is 7.17. The molecule has 0 spiro atoms. The van der Waals surface area contributed by atoms with Gasteiger partial charge in [-0.15, -0.1) is 0 Å². The molecule has 0 fully saturated rings. The van der Waals surface area contributed by atoms with E-state index in [1.165, 1.54) is 71.9 Å². The van der Waals surface area contributed by atoms with Crippen molar-refractivity contribution < 1.29 is 0 Å². The topological polar surface area (TPSA) is 3.24 Å². The second-order valence-electron chi connectivity index (χ2n) is 13.5. The molecule has 4 aromatic rings. The third kappa shape index (κ3) is 4.27. The number of hydrogen-bond donors (Lipinski definition) is 0. The summed E-state index contributed by atoms with van der Waals surface area (Å²) < 4.78 is 0. The number of allylic oxidation sites excluding steroid dienone is 10. The number of nitrogens with zero attached hydrogens (tertiary/aromatic N) is 1. The number of halogens is 1. The van der Waals surface area contributed by atoms with Crippen molar-refractivity contribution in [3.8, 4) is 0 Å². The van der Waals surface area contributed by atoms with Gasteiger partial charge in [0.15, 0.2) is 0 Å². The van der Waals surface area contributed by atoms with Crippen LogP contribution in [-0.4, -0.2) is 7.05 Å². The summed E-state index contributed by atoms with van der Waals surface area (Å²) in [7, 11) is 2.19. The minimum absolute atomic E-state index is 0.0701. The number of benzene rings is 4. The molecule has 1 aliphatic heterocycles. The van der Waals surface area contributed by atoms with E-state index in [9.17, 15) is 0 Å². The van der Waals surface area contributed by atoms with Crippen molar-refractivity contribution in [2.24, 2.45) is 0 Å². The van der Waals surface area contributed by atoms with Crippen molar-refractivity contribution >= 4 is 44.4 Å². The summed E-state index contributed by atoms with van der Waals surface area (Å²) in [6.45, 7) is 11.7. The van der Waals surface area contributed by atoms with Crippen LogP contribution in [0.3, 0.4) is 0 Å². The van der Waals surface area contributed by atoms with Crippen LogP contribution in [0.15, 0.2) is 125 Å². The van der Waals surface area contributed by atoms with Crippen molar-refractivity contribution in [1.82, 2.24) is 0 Å². The molecule has 1 nitrogen and oxygen atoms in total. The minimum Gasteiger partial charge on any atom is -0.347 e. The predicted octanol–water partition coefficient (Wildman–Crippen LogP) is 11.5. The zero-order valence-electron chi connectivity index (χ0n) is 26.2. The van der Waals surface area contributed by atoms with Crippen molar-refractivity contribution in [2.75, 3.05) is 11.9 Å². The largest absolute Gasteiger partial charge is 0.347 e. The molecular formula is C41H40ClN. The van der Waals surface area contributed by atoms with Gasteiger partial charge in [-0.2, -0.15) is 0 Å². The fraction of sp³-hybridized carbons (Fsp3) is 0.268. The third-order valence-corrected chi connectivity index (χ3v) is 10.8. The lowest BCUT2D eigenvalue weighted by atomic mass is 9.78. The maximum Gasteiger partial charge on any atom is 0.0469 e. The van der Waals surface area contributed by atoms with Gasteiger partial charge in [-0.3, -0.25) is 0 Å². The van der Waals surface area contributed by atoms with E-state index < -0.39 is 0 Å². The molecule has 0 bridgehead atoms. The van der Waals surface area contributed by atoms with E-state index in [0.717, 1.165) is 24.3 Å². The fourth-order valence-electron chi connectivity index (χ4n) is 8.10. The molecule has 43 heavy (non-hydrogen) atoms. The van der Waals surface area contributed by atoms with Crippen molar-refractivity contribution in [1.29, 1.82) is 0 Å². The number of fused-ring (bicyclic) bond motifs is 6. The first kappa shape index (κ1) is 28.0. The second kappa shape index (κ2) is 10.1. The molecule has 2 heteroatoms. The molecule has 0 N–H and O–H groups in total. The molecule has 0 atom stereocenters. The van der Waals surface area contributed by atoms with Gasteiger partial charge in [0.1, 0.15) is 0 Å². The Morgan fingerprint density at radius 3 is 2.09 bits per heavy atom. The van der Waals surface area contributed by atoms with Gasteiger partial charge in [0, 0.05) is 34.3 Å². The lowest BCUT2D eigenvalue weighted by Gasteiger charge is -2.25. The van der Waals surface area contributed by atoms with Gasteiger partial charge in [-0.1, -0.05) is 124 Å². The number of likely N-dealkylation sites (N-methyl/N-ethyl adjacent to an activating group) is 1. The Morgan fingerprint density at radius 1 is 0.721 bits per heavy atom. The van der Waals surface area contributed by atoms with Gasteiger partial charge in [0.2, 0.25) is 0 Å². The van der Waals surface area contributed by atoms with Crippen molar-refractivity contribution in [2.45, 2.75) is 64.7 Å². The third-order valence-electron chi connectivity index (χ3n) is 10.3. The van der Waals surface area contributed by atoms with E-state index in [-0.39, 0.29) is 10.8 Å². The summed E-state index contributed by atoms with van der Waals surface area (Å²) in [6.07, 6.45) is 12.4. The normalized spacial score (nSPS) is 21.2. The molecule has 0 aromatic heterocycles. The van der Waals surface area contributed by atoms with Crippen LogP contribution in [0, 0.1) is 0 Å². The molecule has 0 unspecified atom stereocenters. The van der Waals surface area contributed by atoms with Crippen LogP contribution in [0.25, 0.3) is 27.1 Å². The summed E-state index contributed by atoms with van der Waals surface area (Å²) in [5.41, 5.74) is 11.9. The summed E-state index contributed by atoms with van der Waals surface area (Å²) in [5, 5.41) is 6.21. The standard InChI is InChI=1S/C41H40ClN/c1-26-31-22-18-27-12-7-9-16-32(27)37(31)40(2,3)34(26)23-19-29-14-11-15-30(39(29)42)21-25-36-41(4,5)38-33-17-10-8-13-28(33)20-24-35(38)43(36)6/h7-10,12-13,16-25H,11,14-15H2,1-6H3/b23-19+,30-21?,36-25+. The Hall–Kier alpha value is -3.81. The Balaban J connectivity index is 1.22. The molecule has 0 amide bonds. The smallest absolute Gasteiger partial charge is 0.0469 e. The molecule has 0 radical (unpaired) electrons. The summed E-state index contributed by atoms with van der Waals surface area (Å²) in [5.74, 6) is 0. The molecule has 216 valence electrons. The van der Waals surface area contributed by atoms with E-state index in [1.54, 1.807) is 0 Å². The average molecular weight is 582 g/mol. The first-order chi connectivity index (χ1) is 20.6. The quantitative estimate of drug-likeness (QED) is 0.232. The Labute approximate surface area is 261 Å². The van der Waals surface area contributed by atoms with Crippen LogP contribution in [0.1, 0.15) is 70.6 Å². The minimum atomic E-state index is -0.104. The van der Waals surface area contributed by atoms with Crippen LogP contribution < -0.4 is 4.90 Å². The maximum absolute atomic E-state index is 7.17. The summed E-state index contributed by atoms with van der Waals surface area (Å²) in [6, 6.07) is 26.6. The zero-order chi connectivity index (χ0) is 30.1. The van der Waals surface area contributed by atoms with E-state index in [1.807, 2.05) is 0 Å². The highest BCUT2D eigenvalue weighted by atomic mass is 35.5. The second-order valence-corrected chi connectivity index (χ2v) is 13.9. The maximum atomic E-state index is 7.17. The molecule has 0 saturated carbocycles. The molecular weight excluding hydrogens is 542 g/mol. The molecule has 4 aromatic carbocycles. The lowest BCUT2D eigenvalue weighted by molar-refractivity contribution is 0.645. The first-order valence-corrected chi connectivity index (χ1v) is 16.0. The molecule has 0 saturated heterocycles. The Kier molecular flexibility index (Phi) is 6.60. The van der Waals surface area contributed by atoms with Gasteiger partial charge >= 0.3 is 0 Å². The van der Waals surface area contributed by atoms with Gasteiger partial charge < -0.3 is 4.90 Å². The van der Waals surface area contributed by atoms with E-state index in [2.05, 4.69) is 144 Å². The highest BCUT2D eigenvalue weighted by molar-refractivity contribution is 6.32. The predicted molar refractivity (Wildman–Crippen MR) is 187 cm³/mol. The molecule has 1 heterocycles. The highest BCUT2D eigenvalue weighted by Crippen LogP contribution is 2.51. The van der Waals surface area contributed by atoms with Crippen LogP contribution in [0.4, 0.5) is 5.69 Å². The zero-order valence-corrected chi connectivity index (χ0v) is 26.9. The average Bonchev–Trinajstić information content (AvgIpc) is 3.33. The van der Waals surface area contributed by atoms with Gasteiger partial charge in [-0.05, 0) is 98.9 Å². The summed E-state index contributed by atoms with van der Waals surface area (Å²) in [4.78, 5) is 2.36. The molecule has 7 rings (SSSR count). The van der Waals surface area contributed by atoms with Crippen LogP contribution in [0.2, 0.25) is 0 Å². The SMILES string of the molecule is CC1=C(/C=C/C2=C(Cl)C(=C/C=C3/N(C)c4ccc5ccccc5c4C3(C)C)CCC2)C(C)(C)c2c1ccc1ccccc21. The highest BCUT2D eigenvalue weighted by Gasteiger charge is 2.40. The van der Waals surface area contributed by atoms with Crippen LogP contribution in [0.5, 0.6) is 0 Å². The van der Waals surface area contributed by atoms with Crippen LogP contribution >= 0.6 is 11.6 Å². The fourth-order valence-corrected chi connectivity index (χ4v) is 8.42. The molecule has 2 aliphatic carbocycles. The van der Waals surface area contributed by atoms with E-state index in [0.29, 0.717) is 0 Å². The Bertz CT molecular complexity index is 1970. The van der Waals surface area contributed by atoms with E-state index in [4.69, 9.17) is 11.6 Å². The van der Waals surface area contributed by atoms with Gasteiger partial charge in [-0.25, -0.2) is 0 Å². The van der Waals surface area contributed by atoms with Crippen molar-refractivity contribution in [3.05, 3.63) is 141 Å². The Morgan fingerprint density at radius 2 is 1.37 bits per heavy atom. The number of rotatable bonds is 3.